The van der Waals surface area contributed by atoms with Gasteiger partial charge in [0.15, 0.2) is 0 Å². The molecule has 17 heavy (non-hydrogen) atoms. The number of amides is 1. The maximum atomic E-state index is 12.2. The largest absolute Gasteiger partial charge is 0.340 e. The lowest BCUT2D eigenvalue weighted by molar-refractivity contribution is -0.134. The van der Waals surface area contributed by atoms with Crippen LogP contribution < -0.4 is 5.32 Å². The molecule has 0 radical (unpaired) electrons. The molecule has 4 heteroatoms. The molecular weight excluding hydrogens is 236 g/mol. The summed E-state index contributed by atoms with van der Waals surface area (Å²) in [5, 5.41) is 3.32. The molecule has 1 amide bonds. The van der Waals surface area contributed by atoms with Gasteiger partial charge in [0.25, 0.3) is 0 Å². The summed E-state index contributed by atoms with van der Waals surface area (Å²) in [4.78, 5) is 14.2. The number of hydrogen-bond acceptors (Lipinski definition) is 2. The van der Waals surface area contributed by atoms with Gasteiger partial charge in [0.05, 0.1) is 0 Å². The van der Waals surface area contributed by atoms with Crippen LogP contribution in [0.15, 0.2) is 0 Å². The zero-order valence-electron chi connectivity index (χ0n) is 11.5. The third kappa shape index (κ3) is 5.73. The Kier molecular flexibility index (Phi) is 7.80. The van der Waals surface area contributed by atoms with E-state index in [0.717, 1.165) is 32.5 Å². The number of hydrogen-bond donors (Lipinski definition) is 1. The van der Waals surface area contributed by atoms with Gasteiger partial charge in [-0.1, -0.05) is 13.8 Å². The molecule has 0 aromatic heterocycles. The fraction of sp³-hybridized carbons (Fsp3) is 0.923. The summed E-state index contributed by atoms with van der Waals surface area (Å²) in [6.07, 6.45) is 1.87. The molecule has 1 rings (SSSR count). The molecule has 102 valence electrons. The quantitative estimate of drug-likeness (QED) is 0.825. The van der Waals surface area contributed by atoms with Crippen LogP contribution in [0.5, 0.6) is 0 Å². The first-order chi connectivity index (χ1) is 7.50. The van der Waals surface area contributed by atoms with Crippen molar-refractivity contribution < 1.29 is 4.79 Å². The van der Waals surface area contributed by atoms with Crippen LogP contribution in [0.1, 0.15) is 40.5 Å². The molecule has 1 atom stereocenters. The lowest BCUT2D eigenvalue weighted by Crippen LogP contribution is -2.40. The van der Waals surface area contributed by atoms with Crippen LogP contribution in [0.25, 0.3) is 0 Å². The molecule has 1 N–H and O–H groups in total. The first-order valence-electron chi connectivity index (χ1n) is 6.51. The number of carbonyl (C=O) groups excluding carboxylic acids is 1. The Morgan fingerprint density at radius 2 is 2.00 bits per heavy atom. The Balaban J connectivity index is 0.00000256. The molecule has 1 aliphatic heterocycles. The van der Waals surface area contributed by atoms with Gasteiger partial charge in [0.1, 0.15) is 0 Å². The Morgan fingerprint density at radius 1 is 1.35 bits per heavy atom. The molecular formula is C13H27ClN2O. The molecule has 0 spiro atoms. The normalized spacial score (nSPS) is 19.5. The smallest absolute Gasteiger partial charge is 0.223 e. The van der Waals surface area contributed by atoms with Crippen molar-refractivity contribution in [2.75, 3.05) is 19.6 Å². The standard InChI is InChI=1S/C13H26N2O.ClH/c1-10(2)9-15(11(3)4)13(16)7-12-5-6-14-8-12;/h10-12,14H,5-9H2,1-4H3;1H. The summed E-state index contributed by atoms with van der Waals surface area (Å²) in [5.41, 5.74) is 0. The summed E-state index contributed by atoms with van der Waals surface area (Å²) in [6, 6.07) is 0.323. The van der Waals surface area contributed by atoms with Crippen LogP contribution >= 0.6 is 12.4 Å². The molecule has 1 aliphatic rings. The minimum Gasteiger partial charge on any atom is -0.340 e. The van der Waals surface area contributed by atoms with E-state index < -0.39 is 0 Å². The number of rotatable bonds is 5. The Morgan fingerprint density at radius 3 is 2.41 bits per heavy atom. The third-order valence-corrected chi connectivity index (χ3v) is 3.13. The lowest BCUT2D eigenvalue weighted by Gasteiger charge is -2.29. The van der Waals surface area contributed by atoms with Gasteiger partial charge >= 0.3 is 0 Å². The molecule has 1 saturated heterocycles. The zero-order chi connectivity index (χ0) is 12.1. The molecule has 1 heterocycles. The van der Waals surface area contributed by atoms with E-state index in [1.165, 1.54) is 0 Å². The fourth-order valence-corrected chi connectivity index (χ4v) is 2.25. The summed E-state index contributed by atoms with van der Waals surface area (Å²) >= 11 is 0. The zero-order valence-corrected chi connectivity index (χ0v) is 12.3. The highest BCUT2D eigenvalue weighted by Crippen LogP contribution is 2.16. The van der Waals surface area contributed by atoms with Crippen molar-refractivity contribution in [1.29, 1.82) is 0 Å². The van der Waals surface area contributed by atoms with E-state index in [1.807, 2.05) is 4.90 Å². The van der Waals surface area contributed by atoms with Crippen molar-refractivity contribution in [2.24, 2.45) is 11.8 Å². The van der Waals surface area contributed by atoms with Crippen LogP contribution in [0.4, 0.5) is 0 Å². The predicted molar refractivity (Wildman–Crippen MR) is 74.5 cm³/mol. The summed E-state index contributed by atoms with van der Waals surface area (Å²) in [7, 11) is 0. The first kappa shape index (κ1) is 16.7. The van der Waals surface area contributed by atoms with Gasteiger partial charge in [-0.15, -0.1) is 12.4 Å². The second-order valence-corrected chi connectivity index (χ2v) is 5.60. The Bertz CT molecular complexity index is 225. The van der Waals surface area contributed by atoms with Crippen molar-refractivity contribution in [1.82, 2.24) is 10.2 Å². The molecule has 0 aromatic rings. The second kappa shape index (κ2) is 7.93. The van der Waals surface area contributed by atoms with E-state index in [4.69, 9.17) is 0 Å². The number of nitrogens with one attached hydrogen (secondary N) is 1. The van der Waals surface area contributed by atoms with Gasteiger partial charge in [0.2, 0.25) is 5.91 Å². The highest BCUT2D eigenvalue weighted by atomic mass is 35.5. The average Bonchev–Trinajstić information content (AvgIpc) is 2.65. The van der Waals surface area contributed by atoms with Gasteiger partial charge in [-0.05, 0) is 45.2 Å². The van der Waals surface area contributed by atoms with E-state index in [0.29, 0.717) is 23.8 Å². The first-order valence-corrected chi connectivity index (χ1v) is 6.51. The molecule has 1 fully saturated rings. The highest BCUT2D eigenvalue weighted by molar-refractivity contribution is 5.85. The van der Waals surface area contributed by atoms with E-state index in [1.54, 1.807) is 0 Å². The topological polar surface area (TPSA) is 32.3 Å². The minimum atomic E-state index is 0. The fourth-order valence-electron chi connectivity index (χ4n) is 2.25. The summed E-state index contributed by atoms with van der Waals surface area (Å²) < 4.78 is 0. The number of nitrogens with zero attached hydrogens (tertiary/aromatic N) is 1. The summed E-state index contributed by atoms with van der Waals surface area (Å²) in [6.45, 7) is 11.5. The van der Waals surface area contributed by atoms with Crippen LogP contribution in [0.2, 0.25) is 0 Å². The van der Waals surface area contributed by atoms with Gasteiger partial charge in [-0.25, -0.2) is 0 Å². The minimum absolute atomic E-state index is 0. The lowest BCUT2D eigenvalue weighted by atomic mass is 10.0. The molecule has 0 bridgehead atoms. The maximum absolute atomic E-state index is 12.2. The van der Waals surface area contributed by atoms with Crippen molar-refractivity contribution >= 4 is 18.3 Å². The van der Waals surface area contributed by atoms with E-state index in [2.05, 4.69) is 33.0 Å². The number of halogens is 1. The van der Waals surface area contributed by atoms with Gasteiger partial charge in [0, 0.05) is 19.0 Å². The van der Waals surface area contributed by atoms with Gasteiger partial charge in [-0.3, -0.25) is 4.79 Å². The predicted octanol–water partition coefficient (Wildman–Crippen LogP) is 2.30. The van der Waals surface area contributed by atoms with Crippen molar-refractivity contribution in [3.05, 3.63) is 0 Å². The maximum Gasteiger partial charge on any atom is 0.223 e. The summed E-state index contributed by atoms with van der Waals surface area (Å²) in [5.74, 6) is 1.44. The van der Waals surface area contributed by atoms with E-state index in [-0.39, 0.29) is 12.4 Å². The Labute approximate surface area is 112 Å². The molecule has 0 aliphatic carbocycles. The second-order valence-electron chi connectivity index (χ2n) is 5.60. The van der Waals surface area contributed by atoms with Crippen LogP contribution in [0.3, 0.4) is 0 Å². The van der Waals surface area contributed by atoms with Crippen LogP contribution in [-0.4, -0.2) is 36.5 Å². The van der Waals surface area contributed by atoms with Crippen molar-refractivity contribution in [3.8, 4) is 0 Å². The average molecular weight is 263 g/mol. The van der Waals surface area contributed by atoms with Crippen LogP contribution in [-0.2, 0) is 4.79 Å². The highest BCUT2D eigenvalue weighted by Gasteiger charge is 2.23. The van der Waals surface area contributed by atoms with E-state index >= 15 is 0 Å². The monoisotopic (exact) mass is 262 g/mol. The molecule has 1 unspecified atom stereocenters. The molecule has 3 nitrogen and oxygen atoms in total. The molecule has 0 aromatic carbocycles. The van der Waals surface area contributed by atoms with Gasteiger partial charge in [-0.2, -0.15) is 0 Å². The molecule has 0 saturated carbocycles. The van der Waals surface area contributed by atoms with Crippen molar-refractivity contribution in [3.63, 3.8) is 0 Å². The Hall–Kier alpha value is -0.280. The van der Waals surface area contributed by atoms with Crippen molar-refractivity contribution in [2.45, 2.75) is 46.6 Å². The van der Waals surface area contributed by atoms with E-state index in [9.17, 15) is 4.79 Å². The SMILES string of the molecule is CC(C)CN(C(=O)CC1CCNC1)C(C)C.Cl. The third-order valence-electron chi connectivity index (χ3n) is 3.13. The van der Waals surface area contributed by atoms with Crippen LogP contribution in [0, 0.1) is 11.8 Å². The van der Waals surface area contributed by atoms with Gasteiger partial charge < -0.3 is 10.2 Å². The number of carbonyl (C=O) groups is 1.